The van der Waals surface area contributed by atoms with Crippen molar-refractivity contribution in [3.63, 3.8) is 0 Å². The second-order valence-electron chi connectivity index (χ2n) is 7.74. The molecule has 0 spiro atoms. The van der Waals surface area contributed by atoms with Gasteiger partial charge in [0.25, 0.3) is 0 Å². The molecule has 2 aliphatic rings. The normalized spacial score (nSPS) is 14.9. The van der Waals surface area contributed by atoms with E-state index >= 15 is 0 Å². The Morgan fingerprint density at radius 1 is 0.690 bits per heavy atom. The molecule has 135 valence electrons. The molecular formula is C29H19. The van der Waals surface area contributed by atoms with Crippen molar-refractivity contribution in [3.8, 4) is 11.1 Å². The molecule has 1 radical (unpaired) electrons. The van der Waals surface area contributed by atoms with Crippen LogP contribution in [0.4, 0.5) is 0 Å². The summed E-state index contributed by atoms with van der Waals surface area (Å²) in [6, 6.07) is 36.1. The van der Waals surface area contributed by atoms with Crippen molar-refractivity contribution >= 4 is 12.2 Å². The van der Waals surface area contributed by atoms with Gasteiger partial charge in [0.15, 0.2) is 0 Å². The Hall–Kier alpha value is -3.64. The molecule has 0 atom stereocenters. The molecular weight excluding hydrogens is 348 g/mol. The third-order valence-corrected chi connectivity index (χ3v) is 6.20. The minimum Gasteiger partial charge on any atom is -0.0652 e. The Morgan fingerprint density at radius 3 is 2.14 bits per heavy atom. The van der Waals surface area contributed by atoms with Gasteiger partial charge in [-0.05, 0) is 68.1 Å². The van der Waals surface area contributed by atoms with Crippen molar-refractivity contribution in [2.24, 2.45) is 0 Å². The van der Waals surface area contributed by atoms with Gasteiger partial charge in [-0.2, -0.15) is 0 Å². The van der Waals surface area contributed by atoms with E-state index in [1.807, 2.05) is 6.07 Å². The Bertz CT molecular complexity index is 1330. The summed E-state index contributed by atoms with van der Waals surface area (Å²) in [5.74, 6) is 0. The van der Waals surface area contributed by atoms with Gasteiger partial charge in [-0.15, -0.1) is 0 Å². The van der Waals surface area contributed by atoms with Crippen LogP contribution >= 0.6 is 0 Å². The molecule has 0 N–H and O–H groups in total. The van der Waals surface area contributed by atoms with E-state index in [1.54, 1.807) is 0 Å². The molecule has 4 aromatic rings. The van der Waals surface area contributed by atoms with Crippen LogP contribution in [0.5, 0.6) is 0 Å². The third kappa shape index (κ3) is 2.33. The minimum atomic E-state index is -0.298. The summed E-state index contributed by atoms with van der Waals surface area (Å²) in [7, 11) is 0. The van der Waals surface area contributed by atoms with Crippen molar-refractivity contribution in [1.29, 1.82) is 0 Å². The maximum absolute atomic E-state index is 3.43. The molecule has 0 fully saturated rings. The van der Waals surface area contributed by atoms with Crippen LogP contribution in [0.2, 0.25) is 0 Å². The van der Waals surface area contributed by atoms with Gasteiger partial charge in [0, 0.05) is 0 Å². The van der Waals surface area contributed by atoms with Gasteiger partial charge in [0.1, 0.15) is 0 Å². The van der Waals surface area contributed by atoms with Crippen molar-refractivity contribution < 1.29 is 0 Å². The van der Waals surface area contributed by atoms with Crippen LogP contribution in [0.3, 0.4) is 0 Å². The lowest BCUT2D eigenvalue weighted by Gasteiger charge is -2.35. The monoisotopic (exact) mass is 367 g/mol. The van der Waals surface area contributed by atoms with Gasteiger partial charge in [0.05, 0.1) is 5.41 Å². The summed E-state index contributed by atoms with van der Waals surface area (Å²) < 4.78 is 0. The van der Waals surface area contributed by atoms with E-state index < -0.39 is 0 Å². The Balaban J connectivity index is 1.70. The molecule has 6 rings (SSSR count). The molecule has 0 aliphatic heterocycles. The highest BCUT2D eigenvalue weighted by molar-refractivity contribution is 5.83. The van der Waals surface area contributed by atoms with Crippen molar-refractivity contribution in [2.75, 3.05) is 0 Å². The van der Waals surface area contributed by atoms with Gasteiger partial charge in [-0.3, -0.25) is 0 Å². The van der Waals surface area contributed by atoms with E-state index in [1.165, 1.54) is 43.8 Å². The molecule has 0 heteroatoms. The number of hydrogen-bond acceptors (Lipinski definition) is 0. The fraction of sp³-hybridized carbons (Fsp3) is 0.0345. The molecule has 0 bridgehead atoms. The van der Waals surface area contributed by atoms with E-state index in [0.29, 0.717) is 0 Å². The predicted octanol–water partition coefficient (Wildman–Crippen LogP) is 4.98. The SMILES string of the molecule is [c]1cccc2c1-c1cc3c(cc1=C2)C(c1ccccc1)(c1ccccc1)C=CC=3. The summed E-state index contributed by atoms with van der Waals surface area (Å²) in [6.07, 6.45) is 9.09. The standard InChI is InChI=1S/C29H19/c1-3-12-24(13-4-1)29(25-14-5-2-6-15-25)17-9-11-22-19-27-23(20-28(22)29)18-21-10-7-8-16-26(21)27/h1-15,17-20H. The lowest BCUT2D eigenvalue weighted by molar-refractivity contribution is 0.767. The Kier molecular flexibility index (Phi) is 3.48. The first kappa shape index (κ1) is 16.3. The summed E-state index contributed by atoms with van der Waals surface area (Å²) in [4.78, 5) is 0. The Morgan fingerprint density at radius 2 is 1.41 bits per heavy atom. The smallest absolute Gasteiger partial charge is 0.0641 e. The first-order chi connectivity index (χ1) is 14.4. The maximum Gasteiger partial charge on any atom is 0.0641 e. The molecule has 0 heterocycles. The predicted molar refractivity (Wildman–Crippen MR) is 120 cm³/mol. The number of hydrogen-bond donors (Lipinski definition) is 0. The highest BCUT2D eigenvalue weighted by Gasteiger charge is 2.36. The fourth-order valence-corrected chi connectivity index (χ4v) is 4.88. The Labute approximate surface area is 170 Å². The lowest BCUT2D eigenvalue weighted by Crippen LogP contribution is -2.36. The summed E-state index contributed by atoms with van der Waals surface area (Å²) in [6.45, 7) is 0. The molecule has 0 nitrogen and oxygen atoms in total. The van der Waals surface area contributed by atoms with E-state index in [-0.39, 0.29) is 5.41 Å². The largest absolute Gasteiger partial charge is 0.0652 e. The zero-order valence-corrected chi connectivity index (χ0v) is 16.0. The molecule has 0 unspecified atom stereocenters. The van der Waals surface area contributed by atoms with Crippen molar-refractivity contribution in [2.45, 2.75) is 5.41 Å². The van der Waals surface area contributed by atoms with Crippen LogP contribution in [-0.4, -0.2) is 0 Å². The highest BCUT2D eigenvalue weighted by atomic mass is 14.4. The molecule has 0 amide bonds. The van der Waals surface area contributed by atoms with Gasteiger partial charge >= 0.3 is 0 Å². The second-order valence-corrected chi connectivity index (χ2v) is 7.74. The average molecular weight is 367 g/mol. The van der Waals surface area contributed by atoms with E-state index in [4.69, 9.17) is 0 Å². The zero-order valence-electron chi connectivity index (χ0n) is 16.0. The average Bonchev–Trinajstić information content (AvgIpc) is 3.16. The molecule has 29 heavy (non-hydrogen) atoms. The lowest BCUT2D eigenvalue weighted by atomic mass is 9.67. The maximum atomic E-state index is 3.43. The first-order valence-electron chi connectivity index (χ1n) is 10.0. The first-order valence-corrected chi connectivity index (χ1v) is 10.0. The summed E-state index contributed by atoms with van der Waals surface area (Å²) in [5, 5.41) is 2.55. The zero-order chi connectivity index (χ0) is 19.3. The summed E-state index contributed by atoms with van der Waals surface area (Å²) in [5.41, 5.74) is 7.36. The van der Waals surface area contributed by atoms with Crippen LogP contribution in [0.1, 0.15) is 22.3 Å². The van der Waals surface area contributed by atoms with Gasteiger partial charge < -0.3 is 0 Å². The fourth-order valence-electron chi connectivity index (χ4n) is 4.88. The number of benzene rings is 4. The minimum absolute atomic E-state index is 0.298. The quantitative estimate of drug-likeness (QED) is 0.413. The topological polar surface area (TPSA) is 0 Å². The van der Waals surface area contributed by atoms with Crippen molar-refractivity contribution in [3.05, 3.63) is 142 Å². The van der Waals surface area contributed by atoms with Crippen LogP contribution in [0.15, 0.2) is 103 Å². The highest BCUT2D eigenvalue weighted by Crippen LogP contribution is 2.40. The number of allylic oxidation sites excluding steroid dienone is 2. The van der Waals surface area contributed by atoms with Crippen LogP contribution in [0.25, 0.3) is 23.3 Å². The van der Waals surface area contributed by atoms with E-state index in [2.05, 4.69) is 115 Å². The molecule has 0 saturated carbocycles. The second kappa shape index (κ2) is 6.18. The summed E-state index contributed by atoms with van der Waals surface area (Å²) >= 11 is 0. The van der Waals surface area contributed by atoms with Gasteiger partial charge in [-0.1, -0.05) is 97.1 Å². The third-order valence-electron chi connectivity index (χ3n) is 6.20. The molecule has 2 aliphatic carbocycles. The van der Waals surface area contributed by atoms with Gasteiger partial charge in [0.2, 0.25) is 0 Å². The van der Waals surface area contributed by atoms with Crippen molar-refractivity contribution in [1.82, 2.24) is 0 Å². The van der Waals surface area contributed by atoms with Crippen LogP contribution in [0, 0.1) is 6.07 Å². The molecule has 4 aromatic carbocycles. The van der Waals surface area contributed by atoms with Gasteiger partial charge in [-0.25, -0.2) is 0 Å². The van der Waals surface area contributed by atoms with Crippen LogP contribution in [-0.2, 0) is 5.41 Å². The van der Waals surface area contributed by atoms with E-state index in [0.717, 1.165) is 0 Å². The molecule has 0 saturated heterocycles. The number of fused-ring (bicyclic) bond motifs is 4. The number of rotatable bonds is 2. The molecule has 0 aromatic heterocycles. The van der Waals surface area contributed by atoms with E-state index in [9.17, 15) is 0 Å². The van der Waals surface area contributed by atoms with Crippen LogP contribution < -0.4 is 10.4 Å².